The lowest BCUT2D eigenvalue weighted by Crippen LogP contribution is -2.38. The second-order valence-corrected chi connectivity index (χ2v) is 4.93. The van der Waals surface area contributed by atoms with Gasteiger partial charge < -0.3 is 10.1 Å². The minimum absolute atomic E-state index is 0.624. The van der Waals surface area contributed by atoms with Crippen LogP contribution in [0, 0.1) is 0 Å². The summed E-state index contributed by atoms with van der Waals surface area (Å²) in [6.45, 7) is 6.71. The molecule has 18 heavy (non-hydrogen) atoms. The van der Waals surface area contributed by atoms with Gasteiger partial charge in [0.15, 0.2) is 0 Å². The molecule has 4 heteroatoms. The molecule has 1 fully saturated rings. The average molecular weight is 249 g/mol. The second kappa shape index (κ2) is 6.71. The number of nitrogens with zero attached hydrogens (tertiary/aromatic N) is 2. The number of likely N-dealkylation sites (tertiary alicyclic amines) is 1. The van der Waals surface area contributed by atoms with Crippen LogP contribution in [0.1, 0.15) is 25.3 Å². The zero-order chi connectivity index (χ0) is 12.8. The fraction of sp³-hybridized carbons (Fsp3) is 0.643. The van der Waals surface area contributed by atoms with Gasteiger partial charge in [-0.2, -0.15) is 0 Å². The van der Waals surface area contributed by atoms with Crippen LogP contribution in [-0.4, -0.2) is 42.7 Å². The van der Waals surface area contributed by atoms with Gasteiger partial charge in [-0.25, -0.2) is 4.98 Å². The van der Waals surface area contributed by atoms with Crippen LogP contribution in [0.3, 0.4) is 0 Å². The van der Waals surface area contributed by atoms with Gasteiger partial charge in [0.2, 0.25) is 5.88 Å². The normalized spacial score (nSPS) is 17.9. The van der Waals surface area contributed by atoms with E-state index < -0.39 is 0 Å². The third-order valence-corrected chi connectivity index (χ3v) is 3.54. The van der Waals surface area contributed by atoms with E-state index in [0.29, 0.717) is 11.9 Å². The van der Waals surface area contributed by atoms with E-state index in [1.54, 1.807) is 7.11 Å². The number of rotatable bonds is 6. The van der Waals surface area contributed by atoms with E-state index in [4.69, 9.17) is 4.74 Å². The van der Waals surface area contributed by atoms with Crippen LogP contribution in [-0.2, 0) is 6.54 Å². The van der Waals surface area contributed by atoms with Crippen molar-refractivity contribution in [2.45, 2.75) is 32.4 Å². The third kappa shape index (κ3) is 3.68. The Morgan fingerprint density at radius 2 is 2.17 bits per heavy atom. The van der Waals surface area contributed by atoms with Crippen LogP contribution in [0.25, 0.3) is 0 Å². The first-order valence-corrected chi connectivity index (χ1v) is 6.73. The number of hydrogen-bond donors (Lipinski definition) is 1. The molecule has 1 atom stereocenters. The highest BCUT2D eigenvalue weighted by Gasteiger charge is 2.17. The summed E-state index contributed by atoms with van der Waals surface area (Å²) in [5.74, 6) is 0.671. The minimum Gasteiger partial charge on any atom is -0.481 e. The van der Waals surface area contributed by atoms with Gasteiger partial charge in [-0.3, -0.25) is 4.90 Å². The van der Waals surface area contributed by atoms with E-state index in [-0.39, 0.29) is 0 Å². The molecule has 4 nitrogen and oxygen atoms in total. The van der Waals surface area contributed by atoms with E-state index in [1.165, 1.54) is 31.5 Å². The molecule has 0 saturated carbocycles. The van der Waals surface area contributed by atoms with E-state index >= 15 is 0 Å². The van der Waals surface area contributed by atoms with Crippen molar-refractivity contribution in [3.8, 4) is 5.88 Å². The van der Waals surface area contributed by atoms with Gasteiger partial charge in [0.25, 0.3) is 0 Å². The maximum absolute atomic E-state index is 5.04. The summed E-state index contributed by atoms with van der Waals surface area (Å²) in [5, 5.41) is 3.49. The van der Waals surface area contributed by atoms with E-state index in [0.717, 1.165) is 13.1 Å². The fourth-order valence-electron chi connectivity index (χ4n) is 2.37. The van der Waals surface area contributed by atoms with Crippen molar-refractivity contribution in [3.63, 3.8) is 0 Å². The highest BCUT2D eigenvalue weighted by atomic mass is 16.5. The highest BCUT2D eigenvalue weighted by Crippen LogP contribution is 2.11. The van der Waals surface area contributed by atoms with Crippen LogP contribution in [0.5, 0.6) is 5.88 Å². The molecule has 2 heterocycles. The van der Waals surface area contributed by atoms with Crippen LogP contribution in [0.2, 0.25) is 0 Å². The fourth-order valence-corrected chi connectivity index (χ4v) is 2.37. The van der Waals surface area contributed by atoms with Gasteiger partial charge in [0.1, 0.15) is 0 Å². The van der Waals surface area contributed by atoms with Crippen molar-refractivity contribution in [2.75, 3.05) is 26.7 Å². The molecule has 1 aliphatic rings. The second-order valence-electron chi connectivity index (χ2n) is 4.93. The van der Waals surface area contributed by atoms with Crippen molar-refractivity contribution in [2.24, 2.45) is 0 Å². The number of hydrogen-bond acceptors (Lipinski definition) is 4. The topological polar surface area (TPSA) is 37.4 Å². The first-order valence-electron chi connectivity index (χ1n) is 6.73. The highest BCUT2D eigenvalue weighted by molar-refractivity contribution is 5.17. The standard InChI is InChI=1S/C14H23N3O/c1-12(17-7-3-4-8-17)9-15-10-13-5-6-14(18-2)16-11-13/h5-6,11-12,15H,3-4,7-10H2,1-2H3. The van der Waals surface area contributed by atoms with Crippen molar-refractivity contribution >= 4 is 0 Å². The van der Waals surface area contributed by atoms with E-state index in [9.17, 15) is 0 Å². The van der Waals surface area contributed by atoms with Crippen molar-refractivity contribution in [3.05, 3.63) is 23.9 Å². The Morgan fingerprint density at radius 1 is 1.39 bits per heavy atom. The van der Waals surface area contributed by atoms with E-state index in [1.807, 2.05) is 12.3 Å². The smallest absolute Gasteiger partial charge is 0.212 e. The zero-order valence-corrected chi connectivity index (χ0v) is 11.4. The summed E-state index contributed by atoms with van der Waals surface area (Å²) >= 11 is 0. The predicted molar refractivity (Wildman–Crippen MR) is 72.8 cm³/mol. The molecule has 0 amide bonds. The summed E-state index contributed by atoms with van der Waals surface area (Å²) in [4.78, 5) is 6.75. The average Bonchev–Trinajstić information content (AvgIpc) is 2.93. The van der Waals surface area contributed by atoms with Crippen LogP contribution in [0.15, 0.2) is 18.3 Å². The van der Waals surface area contributed by atoms with Gasteiger partial charge in [0.05, 0.1) is 7.11 Å². The maximum Gasteiger partial charge on any atom is 0.212 e. The first-order chi connectivity index (χ1) is 8.79. The number of nitrogens with one attached hydrogen (secondary N) is 1. The van der Waals surface area contributed by atoms with Crippen molar-refractivity contribution < 1.29 is 4.74 Å². The molecule has 0 bridgehead atoms. The Kier molecular flexibility index (Phi) is 4.96. The summed E-state index contributed by atoms with van der Waals surface area (Å²) in [7, 11) is 1.64. The monoisotopic (exact) mass is 249 g/mol. The molecule has 100 valence electrons. The molecular formula is C14H23N3O. The third-order valence-electron chi connectivity index (χ3n) is 3.54. The number of aromatic nitrogens is 1. The van der Waals surface area contributed by atoms with Crippen LogP contribution < -0.4 is 10.1 Å². The predicted octanol–water partition coefficient (Wildman–Crippen LogP) is 1.66. The van der Waals surface area contributed by atoms with Gasteiger partial charge in [-0.1, -0.05) is 6.07 Å². The summed E-state index contributed by atoms with van der Waals surface area (Å²) in [5.41, 5.74) is 1.20. The molecule has 1 saturated heterocycles. The Hall–Kier alpha value is -1.13. The quantitative estimate of drug-likeness (QED) is 0.832. The Labute approximate surface area is 109 Å². The summed E-state index contributed by atoms with van der Waals surface area (Å²) in [6, 6.07) is 4.58. The Morgan fingerprint density at radius 3 is 2.78 bits per heavy atom. The molecule has 2 rings (SSSR count). The maximum atomic E-state index is 5.04. The van der Waals surface area contributed by atoms with Crippen molar-refractivity contribution in [1.82, 2.24) is 15.2 Å². The number of methoxy groups -OCH3 is 1. The minimum atomic E-state index is 0.624. The molecule has 0 radical (unpaired) electrons. The number of pyridine rings is 1. The van der Waals surface area contributed by atoms with Gasteiger partial charge in [-0.15, -0.1) is 0 Å². The summed E-state index contributed by atoms with van der Waals surface area (Å²) < 4.78 is 5.04. The van der Waals surface area contributed by atoms with Gasteiger partial charge in [0, 0.05) is 31.4 Å². The summed E-state index contributed by atoms with van der Waals surface area (Å²) in [6.07, 6.45) is 4.58. The Bertz CT molecular complexity index is 347. The lowest BCUT2D eigenvalue weighted by Gasteiger charge is -2.23. The molecule has 1 unspecified atom stereocenters. The SMILES string of the molecule is COc1ccc(CNCC(C)N2CCCC2)cn1. The van der Waals surface area contributed by atoms with Crippen molar-refractivity contribution in [1.29, 1.82) is 0 Å². The lowest BCUT2D eigenvalue weighted by atomic mass is 10.2. The van der Waals surface area contributed by atoms with E-state index in [2.05, 4.69) is 28.2 Å². The first kappa shape index (κ1) is 13.3. The van der Waals surface area contributed by atoms with Gasteiger partial charge >= 0.3 is 0 Å². The molecule has 1 N–H and O–H groups in total. The molecule has 1 aromatic heterocycles. The molecule has 1 aliphatic heterocycles. The largest absolute Gasteiger partial charge is 0.481 e. The molecule has 0 aliphatic carbocycles. The lowest BCUT2D eigenvalue weighted by molar-refractivity contribution is 0.251. The molecule has 0 aromatic carbocycles. The molecule has 0 spiro atoms. The number of ether oxygens (including phenoxy) is 1. The van der Waals surface area contributed by atoms with Gasteiger partial charge in [-0.05, 0) is 38.4 Å². The zero-order valence-electron chi connectivity index (χ0n) is 11.4. The Balaban J connectivity index is 1.70. The van der Waals surface area contributed by atoms with Crippen LogP contribution >= 0.6 is 0 Å². The molecule has 1 aromatic rings. The van der Waals surface area contributed by atoms with Crippen LogP contribution in [0.4, 0.5) is 0 Å². The molecular weight excluding hydrogens is 226 g/mol.